The van der Waals surface area contributed by atoms with Gasteiger partial charge < -0.3 is 19.8 Å². The molecular weight excluding hydrogens is 524 g/mol. The number of H-pyrrole nitrogens is 1. The smallest absolute Gasteiger partial charge is 0.193 e. The molecule has 0 atom stereocenters. The van der Waals surface area contributed by atoms with E-state index in [-0.39, 0.29) is 29.8 Å². The van der Waals surface area contributed by atoms with Crippen LogP contribution in [-0.2, 0) is 20.0 Å². The molecule has 0 fully saturated rings. The summed E-state index contributed by atoms with van der Waals surface area (Å²) in [6, 6.07) is 6.95. The molecule has 3 aromatic rings. The van der Waals surface area contributed by atoms with Crippen LogP contribution in [0.2, 0.25) is 0 Å². The van der Waals surface area contributed by atoms with Gasteiger partial charge in [-0.1, -0.05) is 0 Å². The fraction of sp³-hybridized carbons (Fsp3) is 0.316. The number of aliphatic imine (C=N–C) groups is 1. The van der Waals surface area contributed by atoms with E-state index in [4.69, 9.17) is 0 Å². The number of benzene rings is 1. The maximum atomic E-state index is 13.3. The molecule has 2 aromatic heterocycles. The Kier molecular flexibility index (Phi) is 7.72. The summed E-state index contributed by atoms with van der Waals surface area (Å²) in [5.41, 5.74) is 3.19. The monoisotopic (exact) mass is 547 g/mol. The average Bonchev–Trinajstić information content (AvgIpc) is 3.13. The molecule has 2 heterocycles. The first-order valence-corrected chi connectivity index (χ1v) is 9.25. The highest BCUT2D eigenvalue weighted by Crippen LogP contribution is 2.19. The largest absolute Gasteiger partial charge is 0.361 e. The molecule has 0 spiro atoms. The van der Waals surface area contributed by atoms with E-state index in [0.29, 0.717) is 0 Å². The maximum Gasteiger partial charge on any atom is 0.193 e. The van der Waals surface area contributed by atoms with Crippen molar-refractivity contribution >= 4 is 56.8 Å². The minimum atomic E-state index is -0.224. The van der Waals surface area contributed by atoms with Crippen LogP contribution in [0.1, 0.15) is 11.3 Å². The van der Waals surface area contributed by atoms with Crippen LogP contribution in [0.5, 0.6) is 0 Å². The third-order valence-corrected chi connectivity index (χ3v) is 4.89. The number of fused-ring (bicyclic) bond motifs is 1. The van der Waals surface area contributed by atoms with Gasteiger partial charge in [-0.05, 0) is 52.2 Å². The van der Waals surface area contributed by atoms with Gasteiger partial charge in [-0.25, -0.2) is 4.39 Å². The lowest BCUT2D eigenvalue weighted by molar-refractivity contribution is 0.462. The van der Waals surface area contributed by atoms with Gasteiger partial charge in [0, 0.05) is 61.2 Å². The highest BCUT2D eigenvalue weighted by molar-refractivity contribution is 14.0. The summed E-state index contributed by atoms with van der Waals surface area (Å²) < 4.78 is 16.5. The molecule has 0 bridgehead atoms. The normalized spacial score (nSPS) is 11.5. The molecule has 2 N–H and O–H groups in total. The van der Waals surface area contributed by atoms with Gasteiger partial charge in [-0.2, -0.15) is 0 Å². The van der Waals surface area contributed by atoms with Crippen molar-refractivity contribution in [1.29, 1.82) is 0 Å². The molecule has 0 unspecified atom stereocenters. The van der Waals surface area contributed by atoms with E-state index in [0.717, 1.165) is 46.4 Å². The zero-order chi connectivity index (χ0) is 18.7. The molecule has 0 saturated carbocycles. The van der Waals surface area contributed by atoms with E-state index >= 15 is 0 Å². The van der Waals surface area contributed by atoms with Crippen molar-refractivity contribution in [2.45, 2.75) is 13.0 Å². The predicted molar refractivity (Wildman–Crippen MR) is 123 cm³/mol. The van der Waals surface area contributed by atoms with Gasteiger partial charge in [0.1, 0.15) is 5.82 Å². The van der Waals surface area contributed by atoms with Crippen LogP contribution >= 0.6 is 39.9 Å². The minimum Gasteiger partial charge on any atom is -0.361 e. The van der Waals surface area contributed by atoms with E-state index in [1.54, 1.807) is 7.05 Å². The number of rotatable bonds is 5. The lowest BCUT2D eigenvalue weighted by Gasteiger charge is -2.22. The van der Waals surface area contributed by atoms with Crippen molar-refractivity contribution in [2.75, 3.05) is 20.6 Å². The molecule has 0 aliphatic rings. The molecule has 8 heteroatoms. The number of guanidine groups is 1. The average molecular weight is 548 g/mol. The van der Waals surface area contributed by atoms with E-state index < -0.39 is 0 Å². The second-order valence-electron chi connectivity index (χ2n) is 6.34. The van der Waals surface area contributed by atoms with Crippen LogP contribution in [0.3, 0.4) is 0 Å². The van der Waals surface area contributed by atoms with E-state index in [9.17, 15) is 4.39 Å². The van der Waals surface area contributed by atoms with Crippen LogP contribution in [-0.4, -0.2) is 41.1 Å². The van der Waals surface area contributed by atoms with Crippen molar-refractivity contribution in [3.05, 3.63) is 58.2 Å². The quantitative estimate of drug-likeness (QED) is 0.285. The van der Waals surface area contributed by atoms with Crippen LogP contribution in [0.25, 0.3) is 10.9 Å². The van der Waals surface area contributed by atoms with Crippen molar-refractivity contribution in [2.24, 2.45) is 12.0 Å². The molecule has 0 aliphatic carbocycles. The van der Waals surface area contributed by atoms with Gasteiger partial charge in [0.2, 0.25) is 0 Å². The Morgan fingerprint density at radius 2 is 2.15 bits per heavy atom. The molecule has 146 valence electrons. The molecule has 5 nitrogen and oxygen atoms in total. The summed E-state index contributed by atoms with van der Waals surface area (Å²) in [6.07, 6.45) is 4.81. The maximum absolute atomic E-state index is 13.3. The molecule has 0 amide bonds. The number of nitrogens with zero attached hydrogens (tertiary/aromatic N) is 3. The van der Waals surface area contributed by atoms with E-state index in [1.165, 1.54) is 17.8 Å². The number of halogens is 3. The van der Waals surface area contributed by atoms with Gasteiger partial charge >= 0.3 is 0 Å². The fourth-order valence-electron chi connectivity index (χ4n) is 3.10. The van der Waals surface area contributed by atoms with Gasteiger partial charge in [0.15, 0.2) is 5.96 Å². The highest BCUT2D eigenvalue weighted by atomic mass is 127. The summed E-state index contributed by atoms with van der Waals surface area (Å²) in [5, 5.41) is 4.46. The fourth-order valence-corrected chi connectivity index (χ4v) is 3.67. The standard InChI is InChI=1S/C19H23BrFN5.HI/c1-22-19(26(3)12-16-8-14(20)11-25(16)2)23-7-6-13-10-24-18-9-15(21)4-5-17(13)18;/h4-5,8-11,24H,6-7,12H2,1-3H3,(H,22,23);1H. The third-order valence-electron chi connectivity index (χ3n) is 4.45. The Labute approximate surface area is 184 Å². The van der Waals surface area contributed by atoms with E-state index in [2.05, 4.69) is 46.8 Å². The molecule has 27 heavy (non-hydrogen) atoms. The second kappa shape index (κ2) is 9.59. The minimum absolute atomic E-state index is 0. The zero-order valence-corrected chi connectivity index (χ0v) is 19.5. The molecular formula is C19H24BrFIN5. The van der Waals surface area contributed by atoms with Crippen LogP contribution < -0.4 is 5.32 Å². The van der Waals surface area contributed by atoms with Gasteiger partial charge in [-0.15, -0.1) is 24.0 Å². The number of aromatic amines is 1. The molecule has 3 rings (SSSR count). The first-order valence-electron chi connectivity index (χ1n) is 8.46. The first kappa shape index (κ1) is 21.7. The Bertz CT molecular complexity index is 933. The molecule has 0 saturated heterocycles. The van der Waals surface area contributed by atoms with E-state index in [1.807, 2.05) is 32.6 Å². The Balaban J connectivity index is 0.00000261. The third kappa shape index (κ3) is 5.25. The van der Waals surface area contributed by atoms with Crippen LogP contribution in [0.4, 0.5) is 4.39 Å². The van der Waals surface area contributed by atoms with Gasteiger partial charge in [-0.3, -0.25) is 4.99 Å². The molecule has 0 aliphatic heterocycles. The topological polar surface area (TPSA) is 48.4 Å². The predicted octanol–water partition coefficient (Wildman–Crippen LogP) is 4.28. The Morgan fingerprint density at radius 3 is 2.81 bits per heavy atom. The zero-order valence-electron chi connectivity index (χ0n) is 15.6. The van der Waals surface area contributed by atoms with Crippen LogP contribution in [0, 0.1) is 5.82 Å². The molecule has 0 radical (unpaired) electrons. The summed E-state index contributed by atoms with van der Waals surface area (Å²) in [6.45, 7) is 1.51. The van der Waals surface area contributed by atoms with Crippen molar-refractivity contribution < 1.29 is 4.39 Å². The summed E-state index contributed by atoms with van der Waals surface area (Å²) >= 11 is 3.50. The van der Waals surface area contributed by atoms with Crippen molar-refractivity contribution in [3.63, 3.8) is 0 Å². The Morgan fingerprint density at radius 1 is 1.37 bits per heavy atom. The van der Waals surface area contributed by atoms with Crippen molar-refractivity contribution in [3.8, 4) is 0 Å². The number of hydrogen-bond donors (Lipinski definition) is 2. The summed E-state index contributed by atoms with van der Waals surface area (Å²) in [7, 11) is 5.84. The van der Waals surface area contributed by atoms with Gasteiger partial charge in [0.05, 0.1) is 6.54 Å². The molecule has 1 aromatic carbocycles. The Hall–Kier alpha value is -1.55. The number of aryl methyl sites for hydroxylation is 1. The van der Waals surface area contributed by atoms with Crippen LogP contribution in [0.15, 0.2) is 46.1 Å². The highest BCUT2D eigenvalue weighted by Gasteiger charge is 2.10. The first-order chi connectivity index (χ1) is 12.5. The summed E-state index contributed by atoms with van der Waals surface area (Å²) in [5.74, 6) is 0.617. The lowest BCUT2D eigenvalue weighted by atomic mass is 10.1. The van der Waals surface area contributed by atoms with Gasteiger partial charge in [0.25, 0.3) is 0 Å². The van der Waals surface area contributed by atoms with Crippen molar-refractivity contribution in [1.82, 2.24) is 19.8 Å². The number of hydrogen-bond acceptors (Lipinski definition) is 1. The summed E-state index contributed by atoms with van der Waals surface area (Å²) in [4.78, 5) is 9.59. The lowest BCUT2D eigenvalue weighted by Crippen LogP contribution is -2.39. The number of nitrogens with one attached hydrogen (secondary N) is 2. The SMILES string of the molecule is CN=C(NCCc1c[nH]c2cc(F)ccc12)N(C)Cc1cc(Br)cn1C.I. The second-order valence-corrected chi connectivity index (χ2v) is 7.26. The number of aromatic nitrogens is 2.